The fourth-order valence-electron chi connectivity index (χ4n) is 5.17. The van der Waals surface area contributed by atoms with Crippen LogP contribution in [0.4, 0.5) is 0 Å². The van der Waals surface area contributed by atoms with Crippen LogP contribution in [0.5, 0.6) is 11.5 Å². The molecule has 1 amide bonds. The molecule has 0 saturated carbocycles. The van der Waals surface area contributed by atoms with E-state index >= 15 is 0 Å². The molecule has 0 saturated heterocycles. The lowest BCUT2D eigenvalue weighted by Crippen LogP contribution is -2.20. The second-order valence-electron chi connectivity index (χ2n) is 9.67. The van der Waals surface area contributed by atoms with Crippen LogP contribution >= 0.6 is 11.8 Å². The average molecular weight is 591 g/mol. The molecule has 6 rings (SSSR count). The molecule has 0 radical (unpaired) electrons. The first kappa shape index (κ1) is 28.0. The number of hydrogen-bond donors (Lipinski definition) is 1. The molecule has 0 spiro atoms. The van der Waals surface area contributed by atoms with E-state index in [4.69, 9.17) is 9.47 Å². The molecule has 0 aliphatic heterocycles. The SMILES string of the molecule is CCn1c2ccccc2c2cc(/C=N\NC(=O)CSc3nnc(-c4ccc(OC)c(OC)c4)n3-c3ccccc3)ccc21. The first-order chi connectivity index (χ1) is 21.1. The van der Waals surface area contributed by atoms with Gasteiger partial charge in [0, 0.05) is 39.6 Å². The van der Waals surface area contributed by atoms with Crippen molar-refractivity contribution in [3.63, 3.8) is 0 Å². The fraction of sp³-hybridized carbons (Fsp3) is 0.152. The second-order valence-corrected chi connectivity index (χ2v) is 10.6. The Balaban J connectivity index is 1.19. The molecule has 10 heteroatoms. The molecular formula is C33H30N6O3S. The molecule has 0 atom stereocenters. The van der Waals surface area contributed by atoms with Crippen molar-refractivity contribution in [1.82, 2.24) is 24.8 Å². The zero-order valence-electron chi connectivity index (χ0n) is 24.0. The van der Waals surface area contributed by atoms with Crippen LogP contribution in [-0.2, 0) is 11.3 Å². The summed E-state index contributed by atoms with van der Waals surface area (Å²) in [6.07, 6.45) is 1.67. The lowest BCUT2D eigenvalue weighted by atomic mass is 10.1. The van der Waals surface area contributed by atoms with Crippen LogP contribution in [-0.4, -0.2) is 51.4 Å². The van der Waals surface area contributed by atoms with Crippen molar-refractivity contribution in [3.8, 4) is 28.6 Å². The monoisotopic (exact) mass is 590 g/mol. The lowest BCUT2D eigenvalue weighted by Gasteiger charge is -2.12. The normalized spacial score (nSPS) is 11.4. The van der Waals surface area contributed by atoms with Gasteiger partial charge in [-0.15, -0.1) is 10.2 Å². The highest BCUT2D eigenvalue weighted by Gasteiger charge is 2.19. The summed E-state index contributed by atoms with van der Waals surface area (Å²) in [4.78, 5) is 12.8. The van der Waals surface area contributed by atoms with E-state index in [2.05, 4.69) is 68.6 Å². The van der Waals surface area contributed by atoms with Gasteiger partial charge in [-0.25, -0.2) is 5.43 Å². The number of benzene rings is 4. The van der Waals surface area contributed by atoms with E-state index < -0.39 is 0 Å². The van der Waals surface area contributed by atoms with Gasteiger partial charge < -0.3 is 14.0 Å². The number of hydrazone groups is 1. The van der Waals surface area contributed by atoms with Gasteiger partial charge >= 0.3 is 0 Å². The number of amides is 1. The van der Waals surface area contributed by atoms with Gasteiger partial charge in [0.1, 0.15) is 0 Å². The van der Waals surface area contributed by atoms with E-state index in [1.807, 2.05) is 59.2 Å². The minimum Gasteiger partial charge on any atom is -0.493 e. The molecular weight excluding hydrogens is 560 g/mol. The Hall–Kier alpha value is -5.09. The first-order valence-electron chi connectivity index (χ1n) is 13.8. The quantitative estimate of drug-likeness (QED) is 0.114. The standard InChI is InChI=1S/C33H30N6O3S/c1-4-38-27-13-9-8-12-25(27)26-18-22(14-16-28(26)38)20-34-35-31(40)21-43-33-37-36-32(39(33)24-10-6-5-7-11-24)23-15-17-29(41-2)30(19-23)42-3/h5-20H,4,21H2,1-3H3,(H,35,40)/b34-20-. The Morgan fingerprint density at radius 1 is 0.884 bits per heavy atom. The molecule has 6 aromatic rings. The number of hydrogen-bond acceptors (Lipinski definition) is 7. The number of fused-ring (bicyclic) bond motifs is 3. The summed E-state index contributed by atoms with van der Waals surface area (Å²) in [6.45, 7) is 3.03. The van der Waals surface area contributed by atoms with Crippen molar-refractivity contribution < 1.29 is 14.3 Å². The Kier molecular flexibility index (Phi) is 8.10. The van der Waals surface area contributed by atoms with E-state index in [0.717, 1.165) is 28.7 Å². The van der Waals surface area contributed by atoms with Gasteiger partial charge in [0.15, 0.2) is 22.5 Å². The van der Waals surface area contributed by atoms with Gasteiger partial charge in [-0.2, -0.15) is 5.10 Å². The van der Waals surface area contributed by atoms with E-state index in [0.29, 0.717) is 22.5 Å². The van der Waals surface area contributed by atoms with Crippen LogP contribution in [0.1, 0.15) is 12.5 Å². The highest BCUT2D eigenvalue weighted by atomic mass is 32.2. The Labute approximate surface area is 253 Å². The van der Waals surface area contributed by atoms with Crippen LogP contribution in [0.2, 0.25) is 0 Å². The van der Waals surface area contributed by atoms with Crippen LogP contribution < -0.4 is 14.9 Å². The number of para-hydroxylation sites is 2. The summed E-state index contributed by atoms with van der Waals surface area (Å²) < 4.78 is 15.1. The van der Waals surface area contributed by atoms with E-state index in [-0.39, 0.29) is 11.7 Å². The lowest BCUT2D eigenvalue weighted by molar-refractivity contribution is -0.118. The maximum absolute atomic E-state index is 12.8. The van der Waals surface area contributed by atoms with Crippen molar-refractivity contribution >= 4 is 45.7 Å². The minimum absolute atomic E-state index is 0.108. The number of methoxy groups -OCH3 is 2. The number of aryl methyl sites for hydroxylation is 1. The third kappa shape index (κ3) is 5.56. The predicted molar refractivity (Wildman–Crippen MR) is 171 cm³/mol. The van der Waals surface area contributed by atoms with Crippen molar-refractivity contribution in [2.75, 3.05) is 20.0 Å². The maximum Gasteiger partial charge on any atom is 0.250 e. The highest BCUT2D eigenvalue weighted by molar-refractivity contribution is 7.99. The molecule has 2 aromatic heterocycles. The summed E-state index contributed by atoms with van der Waals surface area (Å²) in [5.74, 6) is 1.69. The third-order valence-electron chi connectivity index (χ3n) is 7.14. The van der Waals surface area contributed by atoms with E-state index in [1.165, 1.54) is 28.2 Å². The summed E-state index contributed by atoms with van der Waals surface area (Å²) >= 11 is 1.28. The molecule has 4 aromatic carbocycles. The second kappa shape index (κ2) is 12.4. The first-order valence-corrected chi connectivity index (χ1v) is 14.8. The third-order valence-corrected chi connectivity index (χ3v) is 8.07. The van der Waals surface area contributed by atoms with Gasteiger partial charge in [0.25, 0.3) is 5.91 Å². The molecule has 43 heavy (non-hydrogen) atoms. The number of nitrogens with zero attached hydrogens (tertiary/aromatic N) is 5. The van der Waals surface area contributed by atoms with Crippen LogP contribution in [0.15, 0.2) is 101 Å². The van der Waals surface area contributed by atoms with Crippen molar-refractivity contribution in [2.24, 2.45) is 5.10 Å². The van der Waals surface area contributed by atoms with Crippen molar-refractivity contribution in [1.29, 1.82) is 0 Å². The zero-order valence-corrected chi connectivity index (χ0v) is 24.8. The highest BCUT2D eigenvalue weighted by Crippen LogP contribution is 2.34. The number of carbonyl (C=O) groups excluding carboxylic acids is 1. The van der Waals surface area contributed by atoms with Crippen LogP contribution in [0.25, 0.3) is 38.9 Å². The number of thioether (sulfide) groups is 1. The molecule has 0 aliphatic carbocycles. The number of carbonyl (C=O) groups is 1. The number of aromatic nitrogens is 4. The molecule has 0 unspecified atom stereocenters. The average Bonchev–Trinajstić information content (AvgIpc) is 3.62. The summed E-state index contributed by atoms with van der Waals surface area (Å²) in [5, 5.41) is 16.0. The molecule has 2 heterocycles. The largest absolute Gasteiger partial charge is 0.493 e. The molecule has 0 bridgehead atoms. The topological polar surface area (TPSA) is 95.6 Å². The number of ether oxygens (including phenoxy) is 2. The summed E-state index contributed by atoms with van der Waals surface area (Å²) in [6, 6.07) is 30.0. The molecule has 1 N–H and O–H groups in total. The van der Waals surface area contributed by atoms with E-state index in [9.17, 15) is 4.79 Å². The Morgan fingerprint density at radius 3 is 2.44 bits per heavy atom. The minimum atomic E-state index is -0.250. The van der Waals surface area contributed by atoms with Gasteiger partial charge in [-0.05, 0) is 61.0 Å². The Bertz CT molecular complexity index is 1950. The molecule has 0 fully saturated rings. The number of nitrogens with one attached hydrogen (secondary N) is 1. The van der Waals surface area contributed by atoms with Crippen molar-refractivity contribution in [2.45, 2.75) is 18.6 Å². The molecule has 9 nitrogen and oxygen atoms in total. The maximum atomic E-state index is 12.8. The van der Waals surface area contributed by atoms with Crippen molar-refractivity contribution in [3.05, 3.63) is 96.6 Å². The van der Waals surface area contributed by atoms with Gasteiger partial charge in [0.2, 0.25) is 0 Å². The molecule has 216 valence electrons. The zero-order chi connectivity index (χ0) is 29.8. The van der Waals surface area contributed by atoms with Gasteiger partial charge in [0.05, 0.1) is 26.2 Å². The summed E-state index contributed by atoms with van der Waals surface area (Å²) in [7, 11) is 3.19. The van der Waals surface area contributed by atoms with E-state index in [1.54, 1.807) is 20.4 Å². The van der Waals surface area contributed by atoms with Crippen LogP contribution in [0.3, 0.4) is 0 Å². The van der Waals surface area contributed by atoms with Gasteiger partial charge in [-0.1, -0.05) is 54.2 Å². The number of rotatable bonds is 10. The Morgan fingerprint density at radius 2 is 1.65 bits per heavy atom. The van der Waals surface area contributed by atoms with Gasteiger partial charge in [-0.3, -0.25) is 9.36 Å². The smallest absolute Gasteiger partial charge is 0.250 e. The summed E-state index contributed by atoms with van der Waals surface area (Å²) in [5.41, 5.74) is 7.61. The van der Waals surface area contributed by atoms with Crippen LogP contribution in [0, 0.1) is 0 Å². The molecule has 0 aliphatic rings. The fourth-order valence-corrected chi connectivity index (χ4v) is 5.91. The predicted octanol–water partition coefficient (Wildman–Crippen LogP) is 6.32.